The number of aromatic amines is 1. The molecule has 6 heteroatoms. The Labute approximate surface area is 130 Å². The van der Waals surface area contributed by atoms with Crippen molar-refractivity contribution in [3.63, 3.8) is 0 Å². The van der Waals surface area contributed by atoms with E-state index in [9.17, 15) is 14.3 Å². The number of benzene rings is 1. The van der Waals surface area contributed by atoms with Crippen molar-refractivity contribution in [2.75, 3.05) is 6.54 Å². The van der Waals surface area contributed by atoms with E-state index in [0.29, 0.717) is 11.2 Å². The molecule has 1 aromatic carbocycles. The second-order valence-electron chi connectivity index (χ2n) is 5.11. The van der Waals surface area contributed by atoms with Gasteiger partial charge in [-0.1, -0.05) is 6.07 Å². The predicted octanol–water partition coefficient (Wildman–Crippen LogP) is 3.14. The largest absolute Gasteiger partial charge is 0.386 e. The van der Waals surface area contributed by atoms with Crippen molar-refractivity contribution >= 4 is 28.1 Å². The van der Waals surface area contributed by atoms with E-state index in [-0.39, 0.29) is 18.3 Å². The zero-order valence-corrected chi connectivity index (χ0v) is 12.7. The molecule has 0 aliphatic heterocycles. The number of aryl methyl sites for hydroxylation is 1. The van der Waals surface area contributed by atoms with Crippen molar-refractivity contribution in [1.82, 2.24) is 10.3 Å². The number of hydrogen-bond acceptors (Lipinski definition) is 3. The summed E-state index contributed by atoms with van der Waals surface area (Å²) in [5, 5.41) is 15.3. The quantitative estimate of drug-likeness (QED) is 0.692. The third kappa shape index (κ3) is 2.88. The summed E-state index contributed by atoms with van der Waals surface area (Å²) in [6, 6.07) is 8.14. The summed E-state index contributed by atoms with van der Waals surface area (Å²) in [4.78, 5) is 15.8. The molecule has 2 heterocycles. The lowest BCUT2D eigenvalue weighted by atomic mass is 10.1. The van der Waals surface area contributed by atoms with E-state index in [2.05, 4.69) is 10.3 Å². The van der Waals surface area contributed by atoms with Gasteiger partial charge in [-0.05, 0) is 42.1 Å². The minimum absolute atomic E-state index is 0.127. The zero-order chi connectivity index (χ0) is 15.7. The van der Waals surface area contributed by atoms with Gasteiger partial charge in [-0.2, -0.15) is 0 Å². The van der Waals surface area contributed by atoms with Crippen LogP contribution >= 0.6 is 11.3 Å². The first-order valence-corrected chi connectivity index (χ1v) is 7.71. The highest BCUT2D eigenvalue weighted by Crippen LogP contribution is 2.21. The van der Waals surface area contributed by atoms with E-state index in [4.69, 9.17) is 0 Å². The van der Waals surface area contributed by atoms with Crippen LogP contribution in [0, 0.1) is 12.7 Å². The first kappa shape index (κ1) is 14.7. The number of amides is 1. The van der Waals surface area contributed by atoms with Crippen LogP contribution in [0.4, 0.5) is 4.39 Å². The van der Waals surface area contributed by atoms with Crippen molar-refractivity contribution < 1.29 is 14.3 Å². The summed E-state index contributed by atoms with van der Waals surface area (Å²) in [5.41, 5.74) is 1.70. The van der Waals surface area contributed by atoms with Crippen molar-refractivity contribution in [3.8, 4) is 0 Å². The molecule has 0 fully saturated rings. The van der Waals surface area contributed by atoms with Gasteiger partial charge in [0, 0.05) is 22.3 Å². The number of halogens is 1. The van der Waals surface area contributed by atoms with Crippen molar-refractivity contribution in [1.29, 1.82) is 0 Å². The first-order chi connectivity index (χ1) is 10.5. The maximum absolute atomic E-state index is 13.4. The molecule has 2 aromatic heterocycles. The normalized spacial score (nSPS) is 12.5. The molecule has 114 valence electrons. The lowest BCUT2D eigenvalue weighted by Gasteiger charge is -2.09. The number of carbonyl (C=O) groups excluding carboxylic acids is 1. The molecule has 1 amide bonds. The Morgan fingerprint density at radius 1 is 1.45 bits per heavy atom. The lowest BCUT2D eigenvalue weighted by Crippen LogP contribution is -2.28. The fourth-order valence-corrected chi connectivity index (χ4v) is 3.08. The highest BCUT2D eigenvalue weighted by atomic mass is 32.1. The highest BCUT2D eigenvalue weighted by molar-refractivity contribution is 7.10. The Balaban J connectivity index is 1.74. The van der Waals surface area contributed by atoms with Crippen LogP contribution in [0.5, 0.6) is 0 Å². The topological polar surface area (TPSA) is 65.1 Å². The van der Waals surface area contributed by atoms with Crippen LogP contribution in [0.2, 0.25) is 0 Å². The van der Waals surface area contributed by atoms with Crippen LogP contribution in [0.25, 0.3) is 10.9 Å². The molecular formula is C16H15FN2O2S. The number of carbonyl (C=O) groups is 1. The minimum Gasteiger partial charge on any atom is -0.386 e. The van der Waals surface area contributed by atoms with Gasteiger partial charge in [-0.25, -0.2) is 4.39 Å². The molecule has 22 heavy (non-hydrogen) atoms. The maximum Gasteiger partial charge on any atom is 0.267 e. The Morgan fingerprint density at radius 2 is 2.27 bits per heavy atom. The standard InChI is InChI=1S/C16H15FN2O2S/c1-9-5-10(17)6-12-11(9)7-13(19-12)16(21)18-8-14(20)15-3-2-4-22-15/h2-7,14,19-20H,8H2,1H3,(H,18,21)/t14-/m0/s1. The van der Waals surface area contributed by atoms with Crippen LogP contribution in [0.3, 0.4) is 0 Å². The third-order valence-corrected chi connectivity index (χ3v) is 4.46. The summed E-state index contributed by atoms with van der Waals surface area (Å²) in [6.07, 6.45) is -0.729. The fraction of sp³-hybridized carbons (Fsp3) is 0.188. The van der Waals surface area contributed by atoms with Gasteiger partial charge in [-0.3, -0.25) is 4.79 Å². The molecular weight excluding hydrogens is 303 g/mol. The van der Waals surface area contributed by atoms with Gasteiger partial charge in [0.2, 0.25) is 0 Å². The van der Waals surface area contributed by atoms with Crippen LogP contribution in [-0.4, -0.2) is 22.5 Å². The Hall–Kier alpha value is -2.18. The molecule has 3 N–H and O–H groups in total. The van der Waals surface area contributed by atoms with E-state index in [1.54, 1.807) is 13.0 Å². The van der Waals surface area contributed by atoms with Crippen LogP contribution in [0.15, 0.2) is 35.7 Å². The average molecular weight is 318 g/mol. The van der Waals surface area contributed by atoms with Crippen molar-refractivity contribution in [2.24, 2.45) is 0 Å². The number of fused-ring (bicyclic) bond motifs is 1. The van der Waals surface area contributed by atoms with Gasteiger partial charge in [0.25, 0.3) is 5.91 Å². The first-order valence-electron chi connectivity index (χ1n) is 6.83. The molecule has 0 aliphatic rings. The molecule has 3 rings (SSSR count). The number of aliphatic hydroxyl groups is 1. The second kappa shape index (κ2) is 5.90. The van der Waals surface area contributed by atoms with E-state index in [0.717, 1.165) is 15.8 Å². The molecule has 0 radical (unpaired) electrons. The van der Waals surface area contributed by atoms with E-state index in [1.807, 2.05) is 17.5 Å². The Morgan fingerprint density at radius 3 is 3.00 bits per heavy atom. The zero-order valence-electron chi connectivity index (χ0n) is 11.9. The number of rotatable bonds is 4. The molecule has 3 aromatic rings. The van der Waals surface area contributed by atoms with Gasteiger partial charge in [0.1, 0.15) is 17.6 Å². The van der Waals surface area contributed by atoms with Crippen LogP contribution in [0.1, 0.15) is 27.0 Å². The minimum atomic E-state index is -0.729. The number of aromatic nitrogens is 1. The SMILES string of the molecule is Cc1cc(F)cc2[nH]c(C(=O)NC[C@H](O)c3cccs3)cc12. The molecule has 0 aliphatic carbocycles. The monoisotopic (exact) mass is 318 g/mol. The number of aliphatic hydroxyl groups excluding tert-OH is 1. The van der Waals surface area contributed by atoms with Gasteiger partial charge in [0.15, 0.2) is 0 Å². The summed E-state index contributed by atoms with van der Waals surface area (Å²) >= 11 is 1.44. The number of nitrogens with one attached hydrogen (secondary N) is 2. The predicted molar refractivity (Wildman–Crippen MR) is 84.6 cm³/mol. The fourth-order valence-electron chi connectivity index (χ4n) is 2.36. The van der Waals surface area contributed by atoms with Gasteiger partial charge < -0.3 is 15.4 Å². The van der Waals surface area contributed by atoms with E-state index >= 15 is 0 Å². The van der Waals surface area contributed by atoms with Gasteiger partial charge >= 0.3 is 0 Å². The summed E-state index contributed by atoms with van der Waals surface area (Å²) in [5.74, 6) is -0.668. The van der Waals surface area contributed by atoms with Crippen LogP contribution in [-0.2, 0) is 0 Å². The van der Waals surface area contributed by atoms with Crippen LogP contribution < -0.4 is 5.32 Å². The average Bonchev–Trinajstić information content (AvgIpc) is 3.13. The van der Waals surface area contributed by atoms with Gasteiger partial charge in [0.05, 0.1) is 0 Å². The highest BCUT2D eigenvalue weighted by Gasteiger charge is 2.14. The van der Waals surface area contributed by atoms with Crippen molar-refractivity contribution in [2.45, 2.75) is 13.0 Å². The molecule has 0 spiro atoms. The molecule has 0 unspecified atom stereocenters. The third-order valence-electron chi connectivity index (χ3n) is 3.48. The molecule has 4 nitrogen and oxygen atoms in total. The van der Waals surface area contributed by atoms with E-state index in [1.165, 1.54) is 23.5 Å². The Kier molecular flexibility index (Phi) is 3.96. The summed E-state index contributed by atoms with van der Waals surface area (Å²) in [7, 11) is 0. The molecule has 0 saturated carbocycles. The van der Waals surface area contributed by atoms with Gasteiger partial charge in [-0.15, -0.1) is 11.3 Å². The molecule has 1 atom stereocenters. The molecule has 0 saturated heterocycles. The number of H-pyrrole nitrogens is 1. The second-order valence-corrected chi connectivity index (χ2v) is 6.09. The lowest BCUT2D eigenvalue weighted by molar-refractivity contribution is 0.0914. The number of thiophene rings is 1. The summed E-state index contributed by atoms with van der Waals surface area (Å²) in [6.45, 7) is 1.92. The van der Waals surface area contributed by atoms with E-state index < -0.39 is 6.10 Å². The summed E-state index contributed by atoms with van der Waals surface area (Å²) < 4.78 is 13.4. The van der Waals surface area contributed by atoms with Crippen molar-refractivity contribution in [3.05, 3.63) is 57.7 Å². The smallest absolute Gasteiger partial charge is 0.267 e. The number of hydrogen-bond donors (Lipinski definition) is 3. The maximum atomic E-state index is 13.4. The molecule has 0 bridgehead atoms. The Bertz CT molecular complexity index is 811.